The topological polar surface area (TPSA) is 78.3 Å². The molecule has 196 valence electrons. The number of unbranched alkanes of at least 4 members (excludes halogenated alkanes) is 1. The smallest absolute Gasteiger partial charge is 0.338 e. The zero-order valence-electron chi connectivity index (χ0n) is 21.3. The van der Waals surface area contributed by atoms with Gasteiger partial charge >= 0.3 is 5.97 Å². The number of thioether (sulfide) groups is 1. The number of hydrogen-bond donors (Lipinski definition) is 1. The summed E-state index contributed by atoms with van der Waals surface area (Å²) in [5.74, 6) is 1.75. The van der Waals surface area contributed by atoms with E-state index in [9.17, 15) is 4.79 Å². The van der Waals surface area contributed by atoms with Gasteiger partial charge in [-0.3, -0.25) is 0 Å². The van der Waals surface area contributed by atoms with Gasteiger partial charge in [-0.25, -0.2) is 9.48 Å². The molecule has 2 aromatic carbocycles. The first kappa shape index (κ1) is 27.4. The first-order valence-corrected chi connectivity index (χ1v) is 14.0. The van der Waals surface area contributed by atoms with Crippen molar-refractivity contribution >= 4 is 46.9 Å². The highest BCUT2D eigenvalue weighted by Gasteiger charge is 2.35. The molecule has 0 aliphatic carbocycles. The van der Waals surface area contributed by atoms with Gasteiger partial charge in [0, 0.05) is 27.1 Å². The standard InChI is InChI=1S/C27H30Cl2N4O3S/c1-5-6-12-37-27-31-26-30-17(4)23(25(34)36-16(2)3)24(33(26)32-27)18-8-7-9-21(13-18)35-15-19-10-11-20(28)14-22(19)29/h7-11,13-14,16,24H,5-6,12,15H2,1-4H3,(H,30,31,32). The molecule has 10 heteroatoms. The molecule has 1 aromatic heterocycles. The molecule has 1 aliphatic rings. The van der Waals surface area contributed by atoms with Crippen molar-refractivity contribution < 1.29 is 14.3 Å². The van der Waals surface area contributed by atoms with Crippen LogP contribution in [0.1, 0.15) is 57.7 Å². The number of carbonyl (C=O) groups is 1. The lowest BCUT2D eigenvalue weighted by Gasteiger charge is -2.28. The number of halogens is 2. The molecule has 0 spiro atoms. The van der Waals surface area contributed by atoms with Gasteiger partial charge < -0.3 is 14.8 Å². The van der Waals surface area contributed by atoms with Crippen molar-refractivity contribution in [2.75, 3.05) is 11.1 Å². The molecule has 0 fully saturated rings. The number of esters is 1. The molecule has 4 rings (SSSR count). The minimum absolute atomic E-state index is 0.260. The Kier molecular flexibility index (Phi) is 9.05. The van der Waals surface area contributed by atoms with E-state index in [2.05, 4.69) is 17.2 Å². The lowest BCUT2D eigenvalue weighted by Crippen LogP contribution is -2.30. The minimum atomic E-state index is -0.529. The third-order valence-corrected chi connectivity index (χ3v) is 7.22. The fraction of sp³-hybridized carbons (Fsp3) is 0.370. The number of rotatable bonds is 10. The van der Waals surface area contributed by atoms with E-state index in [4.69, 9.17) is 37.8 Å². The summed E-state index contributed by atoms with van der Waals surface area (Å²) >= 11 is 13.9. The number of hydrogen-bond acceptors (Lipinski definition) is 7. The molecule has 0 radical (unpaired) electrons. The van der Waals surface area contributed by atoms with E-state index in [0.717, 1.165) is 29.7 Å². The molecular formula is C27H30Cl2N4O3S. The Labute approximate surface area is 231 Å². The van der Waals surface area contributed by atoms with Crippen molar-refractivity contribution in [3.8, 4) is 5.75 Å². The number of ether oxygens (including phenoxy) is 2. The van der Waals surface area contributed by atoms with Gasteiger partial charge in [-0.1, -0.05) is 66.5 Å². The molecular weight excluding hydrogens is 531 g/mol. The van der Waals surface area contributed by atoms with Crippen LogP contribution in [-0.2, 0) is 16.1 Å². The maximum Gasteiger partial charge on any atom is 0.338 e. The number of aromatic nitrogens is 3. The Morgan fingerprint density at radius 3 is 2.76 bits per heavy atom. The van der Waals surface area contributed by atoms with E-state index in [1.807, 2.05) is 51.1 Å². The number of anilines is 1. The van der Waals surface area contributed by atoms with Crippen molar-refractivity contribution in [3.63, 3.8) is 0 Å². The molecule has 0 bridgehead atoms. The number of nitrogens with one attached hydrogen (secondary N) is 1. The van der Waals surface area contributed by atoms with Gasteiger partial charge in [-0.2, -0.15) is 4.98 Å². The van der Waals surface area contributed by atoms with Gasteiger partial charge in [0.2, 0.25) is 11.1 Å². The number of fused-ring (bicyclic) bond motifs is 1. The van der Waals surface area contributed by atoms with Crippen molar-refractivity contribution in [3.05, 3.63) is 74.9 Å². The lowest BCUT2D eigenvalue weighted by atomic mass is 9.95. The van der Waals surface area contributed by atoms with Crippen molar-refractivity contribution in [1.82, 2.24) is 14.8 Å². The summed E-state index contributed by atoms with van der Waals surface area (Å²) in [6, 6.07) is 12.4. The fourth-order valence-corrected chi connectivity index (χ4v) is 5.30. The summed E-state index contributed by atoms with van der Waals surface area (Å²) in [4.78, 5) is 17.9. The predicted octanol–water partition coefficient (Wildman–Crippen LogP) is 7.30. The largest absolute Gasteiger partial charge is 0.489 e. The zero-order chi connectivity index (χ0) is 26.5. The van der Waals surface area contributed by atoms with E-state index in [-0.39, 0.29) is 12.7 Å². The maximum atomic E-state index is 13.2. The Morgan fingerprint density at radius 2 is 2.03 bits per heavy atom. The van der Waals surface area contributed by atoms with E-state index >= 15 is 0 Å². The molecule has 7 nitrogen and oxygen atoms in total. The van der Waals surface area contributed by atoms with E-state index in [1.54, 1.807) is 28.6 Å². The Balaban J connectivity index is 1.67. The molecule has 1 N–H and O–H groups in total. The molecule has 0 saturated heterocycles. The van der Waals surface area contributed by atoms with Gasteiger partial charge in [0.1, 0.15) is 18.4 Å². The normalized spacial score (nSPS) is 14.9. The third-order valence-electron chi connectivity index (χ3n) is 5.71. The molecule has 3 aromatic rings. The van der Waals surface area contributed by atoms with Crippen LogP contribution in [0.5, 0.6) is 5.75 Å². The monoisotopic (exact) mass is 560 g/mol. The highest BCUT2D eigenvalue weighted by atomic mass is 35.5. The summed E-state index contributed by atoms with van der Waals surface area (Å²) in [5.41, 5.74) is 2.81. The highest BCUT2D eigenvalue weighted by Crippen LogP contribution is 2.38. The van der Waals surface area contributed by atoms with Crippen LogP contribution in [0.2, 0.25) is 10.0 Å². The number of carbonyl (C=O) groups excluding carboxylic acids is 1. The van der Waals surface area contributed by atoms with E-state index < -0.39 is 12.0 Å². The molecule has 0 amide bonds. The summed E-state index contributed by atoms with van der Waals surface area (Å²) in [6.07, 6.45) is 1.91. The Morgan fingerprint density at radius 1 is 1.22 bits per heavy atom. The molecule has 2 heterocycles. The third kappa shape index (κ3) is 6.61. The van der Waals surface area contributed by atoms with Crippen LogP contribution in [0, 0.1) is 0 Å². The van der Waals surface area contributed by atoms with Gasteiger partial charge in [0.15, 0.2) is 0 Å². The fourth-order valence-electron chi connectivity index (χ4n) is 3.92. The summed E-state index contributed by atoms with van der Waals surface area (Å²) in [6.45, 7) is 7.95. The predicted molar refractivity (Wildman–Crippen MR) is 149 cm³/mol. The van der Waals surface area contributed by atoms with Crippen LogP contribution in [0.15, 0.2) is 58.9 Å². The molecule has 37 heavy (non-hydrogen) atoms. The summed E-state index contributed by atoms with van der Waals surface area (Å²) in [5, 5.41) is 9.78. The SMILES string of the molecule is CCCCSc1nc2n(n1)C(c1cccc(OCc3ccc(Cl)cc3Cl)c1)C(C(=O)OC(C)C)=C(C)N2. The van der Waals surface area contributed by atoms with Crippen molar-refractivity contribution in [2.45, 2.75) is 64.4 Å². The van der Waals surface area contributed by atoms with E-state index in [0.29, 0.717) is 38.2 Å². The molecule has 1 unspecified atom stereocenters. The van der Waals surface area contributed by atoms with Crippen LogP contribution in [-0.4, -0.2) is 32.6 Å². The van der Waals surface area contributed by atoms with Gasteiger partial charge in [-0.15, -0.1) is 5.10 Å². The van der Waals surface area contributed by atoms with E-state index in [1.165, 1.54) is 0 Å². The number of benzene rings is 2. The molecule has 1 atom stereocenters. The number of allylic oxidation sites excluding steroid dienone is 1. The van der Waals surface area contributed by atoms with Gasteiger partial charge in [0.05, 0.1) is 11.7 Å². The highest BCUT2D eigenvalue weighted by molar-refractivity contribution is 7.99. The summed E-state index contributed by atoms with van der Waals surface area (Å²) in [7, 11) is 0. The average molecular weight is 562 g/mol. The average Bonchev–Trinajstić information content (AvgIpc) is 3.24. The Hall–Kier alpha value is -2.68. The quantitative estimate of drug-likeness (QED) is 0.158. The van der Waals surface area contributed by atoms with Gasteiger partial charge in [-0.05, 0) is 57.0 Å². The minimum Gasteiger partial charge on any atom is -0.489 e. The van der Waals surface area contributed by atoms with Crippen LogP contribution in [0.4, 0.5) is 5.95 Å². The maximum absolute atomic E-state index is 13.2. The number of nitrogens with zero attached hydrogens (tertiary/aromatic N) is 3. The van der Waals surface area contributed by atoms with Crippen LogP contribution in [0.3, 0.4) is 0 Å². The van der Waals surface area contributed by atoms with Crippen molar-refractivity contribution in [1.29, 1.82) is 0 Å². The second-order valence-electron chi connectivity index (χ2n) is 8.98. The second-order valence-corrected chi connectivity index (χ2v) is 10.9. The van der Waals surface area contributed by atoms with Crippen LogP contribution >= 0.6 is 35.0 Å². The summed E-state index contributed by atoms with van der Waals surface area (Å²) < 4.78 is 13.4. The first-order valence-electron chi connectivity index (χ1n) is 12.2. The molecule has 1 aliphatic heterocycles. The second kappa shape index (κ2) is 12.2. The van der Waals surface area contributed by atoms with Crippen LogP contribution in [0.25, 0.3) is 0 Å². The zero-order valence-corrected chi connectivity index (χ0v) is 23.6. The van der Waals surface area contributed by atoms with Crippen LogP contribution < -0.4 is 10.1 Å². The van der Waals surface area contributed by atoms with Gasteiger partial charge in [0.25, 0.3) is 0 Å². The first-order chi connectivity index (χ1) is 17.8. The molecule has 0 saturated carbocycles. The van der Waals surface area contributed by atoms with Crippen molar-refractivity contribution in [2.24, 2.45) is 0 Å². The Bertz CT molecular complexity index is 1310. The lowest BCUT2D eigenvalue weighted by molar-refractivity contribution is -0.143.